The van der Waals surface area contributed by atoms with Gasteiger partial charge in [-0.3, -0.25) is 4.79 Å². The van der Waals surface area contributed by atoms with Crippen LogP contribution in [0.1, 0.15) is 57.9 Å². The average molecular weight is 306 g/mol. The fraction of sp³-hybridized carbons (Fsp3) is 0.632. The second kappa shape index (κ2) is 11.1. The van der Waals surface area contributed by atoms with E-state index in [1.165, 1.54) is 12.8 Å². The van der Waals surface area contributed by atoms with Crippen LogP contribution in [0.25, 0.3) is 0 Å². The first-order chi connectivity index (χ1) is 10.6. The first-order valence-corrected chi connectivity index (χ1v) is 8.43. The molecule has 0 bridgehead atoms. The number of esters is 1. The summed E-state index contributed by atoms with van der Waals surface area (Å²) in [6, 6.07) is 7.91. The maximum absolute atomic E-state index is 11.6. The van der Waals surface area contributed by atoms with Crippen molar-refractivity contribution in [3.63, 3.8) is 0 Å². The Balaban J connectivity index is 1.99. The SMILES string of the molecule is Cc1ccccc1OCCCC(=O)OCCCCCC(C)C. The molecule has 0 saturated heterocycles. The molecule has 0 aliphatic rings. The van der Waals surface area contributed by atoms with Gasteiger partial charge >= 0.3 is 5.97 Å². The summed E-state index contributed by atoms with van der Waals surface area (Å²) < 4.78 is 10.9. The third-order valence-electron chi connectivity index (χ3n) is 3.57. The van der Waals surface area contributed by atoms with Crippen LogP contribution in [0.3, 0.4) is 0 Å². The van der Waals surface area contributed by atoms with Gasteiger partial charge in [0.25, 0.3) is 0 Å². The quantitative estimate of drug-likeness (QED) is 0.430. The zero-order valence-electron chi connectivity index (χ0n) is 14.3. The molecule has 22 heavy (non-hydrogen) atoms. The zero-order valence-corrected chi connectivity index (χ0v) is 14.3. The summed E-state index contributed by atoms with van der Waals surface area (Å²) >= 11 is 0. The summed E-state index contributed by atoms with van der Waals surface area (Å²) in [5.41, 5.74) is 1.12. The number of para-hydroxylation sites is 1. The number of hydrogen-bond acceptors (Lipinski definition) is 3. The Bertz CT molecular complexity index is 426. The number of hydrogen-bond donors (Lipinski definition) is 0. The van der Waals surface area contributed by atoms with Crippen LogP contribution >= 0.6 is 0 Å². The average Bonchev–Trinajstić information content (AvgIpc) is 2.48. The van der Waals surface area contributed by atoms with Crippen molar-refractivity contribution in [3.05, 3.63) is 29.8 Å². The minimum Gasteiger partial charge on any atom is -0.493 e. The van der Waals surface area contributed by atoms with Crippen molar-refractivity contribution in [1.29, 1.82) is 0 Å². The van der Waals surface area contributed by atoms with Gasteiger partial charge in [0, 0.05) is 6.42 Å². The van der Waals surface area contributed by atoms with E-state index in [1.807, 2.05) is 31.2 Å². The second-order valence-electron chi connectivity index (χ2n) is 6.18. The molecular weight excluding hydrogens is 276 g/mol. The number of benzene rings is 1. The van der Waals surface area contributed by atoms with E-state index in [4.69, 9.17) is 9.47 Å². The Labute approximate surface area is 135 Å². The Morgan fingerprint density at radius 2 is 1.82 bits per heavy atom. The van der Waals surface area contributed by atoms with Gasteiger partial charge in [-0.2, -0.15) is 0 Å². The van der Waals surface area contributed by atoms with Gasteiger partial charge in [-0.15, -0.1) is 0 Å². The number of aryl methyl sites for hydroxylation is 1. The summed E-state index contributed by atoms with van der Waals surface area (Å²) in [6.45, 7) is 7.59. The Kier molecular flexibility index (Phi) is 9.36. The van der Waals surface area contributed by atoms with Crippen molar-refractivity contribution < 1.29 is 14.3 Å². The standard InChI is InChI=1S/C19H30O3/c1-16(2)10-5-4-8-14-22-19(20)13-9-15-21-18-12-7-6-11-17(18)3/h6-7,11-12,16H,4-5,8-10,13-15H2,1-3H3. The van der Waals surface area contributed by atoms with Crippen LogP contribution in [0.5, 0.6) is 5.75 Å². The van der Waals surface area contributed by atoms with E-state index in [1.54, 1.807) is 0 Å². The third kappa shape index (κ3) is 8.71. The van der Waals surface area contributed by atoms with Gasteiger partial charge in [0.05, 0.1) is 13.2 Å². The minimum atomic E-state index is -0.114. The van der Waals surface area contributed by atoms with Crippen LogP contribution in [0, 0.1) is 12.8 Å². The van der Waals surface area contributed by atoms with E-state index in [-0.39, 0.29) is 5.97 Å². The molecular formula is C19H30O3. The fourth-order valence-electron chi connectivity index (χ4n) is 2.21. The molecule has 0 aliphatic heterocycles. The number of ether oxygens (including phenoxy) is 2. The summed E-state index contributed by atoms with van der Waals surface area (Å²) in [5.74, 6) is 1.54. The van der Waals surface area contributed by atoms with Gasteiger partial charge in [-0.05, 0) is 37.3 Å². The van der Waals surface area contributed by atoms with Crippen LogP contribution in [-0.2, 0) is 9.53 Å². The molecule has 0 fully saturated rings. The van der Waals surface area contributed by atoms with Crippen molar-refractivity contribution in [2.24, 2.45) is 5.92 Å². The van der Waals surface area contributed by atoms with E-state index in [2.05, 4.69) is 13.8 Å². The Hall–Kier alpha value is -1.51. The first-order valence-electron chi connectivity index (χ1n) is 8.43. The predicted molar refractivity (Wildman–Crippen MR) is 90.2 cm³/mol. The van der Waals surface area contributed by atoms with Crippen LogP contribution in [0.4, 0.5) is 0 Å². The Morgan fingerprint density at radius 1 is 1.05 bits per heavy atom. The zero-order chi connectivity index (χ0) is 16.2. The smallest absolute Gasteiger partial charge is 0.305 e. The van der Waals surface area contributed by atoms with Crippen LogP contribution in [0.15, 0.2) is 24.3 Å². The number of carbonyl (C=O) groups is 1. The van der Waals surface area contributed by atoms with E-state index < -0.39 is 0 Å². The molecule has 0 unspecified atom stereocenters. The van der Waals surface area contributed by atoms with Gasteiger partial charge in [-0.25, -0.2) is 0 Å². The monoisotopic (exact) mass is 306 g/mol. The molecule has 0 radical (unpaired) electrons. The molecule has 0 aliphatic carbocycles. The predicted octanol–water partition coefficient (Wildman–Crippen LogP) is 4.91. The molecule has 3 heteroatoms. The van der Waals surface area contributed by atoms with Gasteiger partial charge in [0.15, 0.2) is 0 Å². The van der Waals surface area contributed by atoms with E-state index in [0.717, 1.165) is 30.1 Å². The lowest BCUT2D eigenvalue weighted by Gasteiger charge is -2.09. The van der Waals surface area contributed by atoms with Crippen LogP contribution < -0.4 is 4.74 Å². The molecule has 0 heterocycles. The normalized spacial score (nSPS) is 10.7. The lowest BCUT2D eigenvalue weighted by molar-refractivity contribution is -0.144. The number of carbonyl (C=O) groups excluding carboxylic acids is 1. The lowest BCUT2D eigenvalue weighted by atomic mass is 10.1. The fourth-order valence-corrected chi connectivity index (χ4v) is 2.21. The van der Waals surface area contributed by atoms with Gasteiger partial charge in [-0.1, -0.05) is 51.3 Å². The Morgan fingerprint density at radius 3 is 2.55 bits per heavy atom. The maximum Gasteiger partial charge on any atom is 0.305 e. The minimum absolute atomic E-state index is 0.114. The van der Waals surface area contributed by atoms with Crippen molar-refractivity contribution in [2.45, 2.75) is 59.3 Å². The van der Waals surface area contributed by atoms with Gasteiger partial charge in [0.2, 0.25) is 0 Å². The summed E-state index contributed by atoms with van der Waals surface area (Å²) in [5, 5.41) is 0. The second-order valence-corrected chi connectivity index (χ2v) is 6.18. The number of unbranched alkanes of at least 4 members (excludes halogenated alkanes) is 2. The van der Waals surface area contributed by atoms with Crippen LogP contribution in [0.2, 0.25) is 0 Å². The molecule has 1 aromatic rings. The lowest BCUT2D eigenvalue weighted by Crippen LogP contribution is -2.08. The third-order valence-corrected chi connectivity index (χ3v) is 3.57. The van der Waals surface area contributed by atoms with E-state index in [9.17, 15) is 4.79 Å². The summed E-state index contributed by atoms with van der Waals surface area (Å²) in [4.78, 5) is 11.6. The van der Waals surface area contributed by atoms with E-state index >= 15 is 0 Å². The molecule has 0 saturated carbocycles. The number of rotatable bonds is 11. The van der Waals surface area contributed by atoms with Crippen LogP contribution in [-0.4, -0.2) is 19.2 Å². The topological polar surface area (TPSA) is 35.5 Å². The highest BCUT2D eigenvalue weighted by atomic mass is 16.5. The molecule has 0 amide bonds. The van der Waals surface area contributed by atoms with Gasteiger partial charge in [0.1, 0.15) is 5.75 Å². The van der Waals surface area contributed by atoms with E-state index in [0.29, 0.717) is 26.1 Å². The molecule has 0 N–H and O–H groups in total. The molecule has 0 spiro atoms. The molecule has 1 aromatic carbocycles. The molecule has 3 nitrogen and oxygen atoms in total. The highest BCUT2D eigenvalue weighted by molar-refractivity contribution is 5.69. The highest BCUT2D eigenvalue weighted by Gasteiger charge is 2.04. The summed E-state index contributed by atoms with van der Waals surface area (Å²) in [6.07, 6.45) is 5.71. The van der Waals surface area contributed by atoms with Crippen molar-refractivity contribution in [1.82, 2.24) is 0 Å². The molecule has 0 atom stereocenters. The summed E-state index contributed by atoms with van der Waals surface area (Å²) in [7, 11) is 0. The molecule has 0 aromatic heterocycles. The first kappa shape index (κ1) is 18.5. The van der Waals surface area contributed by atoms with Crippen molar-refractivity contribution in [2.75, 3.05) is 13.2 Å². The maximum atomic E-state index is 11.6. The van der Waals surface area contributed by atoms with Crippen molar-refractivity contribution >= 4 is 5.97 Å². The van der Waals surface area contributed by atoms with Crippen molar-refractivity contribution in [3.8, 4) is 5.75 Å². The molecule has 1 rings (SSSR count). The van der Waals surface area contributed by atoms with Gasteiger partial charge < -0.3 is 9.47 Å². The highest BCUT2D eigenvalue weighted by Crippen LogP contribution is 2.16. The molecule has 124 valence electrons. The largest absolute Gasteiger partial charge is 0.493 e.